The van der Waals surface area contributed by atoms with E-state index in [4.69, 9.17) is 19.4 Å². The van der Waals surface area contributed by atoms with Crippen LogP contribution in [0.15, 0.2) is 71.8 Å². The first-order valence-electron chi connectivity index (χ1n) is 26.2. The van der Waals surface area contributed by atoms with Crippen LogP contribution >= 0.6 is 0 Å². The lowest BCUT2D eigenvalue weighted by molar-refractivity contribution is -0.136. The third-order valence-corrected chi connectivity index (χ3v) is 17.5. The van der Waals surface area contributed by atoms with Crippen molar-refractivity contribution < 1.29 is 28.7 Å². The summed E-state index contributed by atoms with van der Waals surface area (Å²) in [6.45, 7) is 11.6. The summed E-state index contributed by atoms with van der Waals surface area (Å²) in [4.78, 5) is 74.5. The van der Waals surface area contributed by atoms with Gasteiger partial charge >= 0.3 is 12.2 Å². The average Bonchev–Trinajstić information content (AvgIpc) is 4.01. The zero-order valence-electron chi connectivity index (χ0n) is 42.4. The minimum Gasteiger partial charge on any atom is -0.453 e. The zero-order valence-corrected chi connectivity index (χ0v) is 42.4. The second-order valence-corrected chi connectivity index (χ2v) is 23.1. The lowest BCUT2D eigenvalue weighted by Crippen LogP contribution is -2.51. The number of nitrogens with zero attached hydrogens (tertiary/aromatic N) is 4. The van der Waals surface area contributed by atoms with E-state index < -0.39 is 24.3 Å². The Labute approximate surface area is 416 Å². The van der Waals surface area contributed by atoms with Gasteiger partial charge in [-0.2, -0.15) is 0 Å². The maximum absolute atomic E-state index is 14.2. The van der Waals surface area contributed by atoms with Gasteiger partial charge in [-0.25, -0.2) is 19.6 Å². The lowest BCUT2D eigenvalue weighted by atomic mass is 9.71. The van der Waals surface area contributed by atoms with E-state index in [1.54, 1.807) is 0 Å². The normalized spacial score (nSPS) is 26.0. The van der Waals surface area contributed by atoms with Crippen molar-refractivity contribution in [3.05, 3.63) is 94.6 Å². The van der Waals surface area contributed by atoms with Gasteiger partial charge in [0.15, 0.2) is 0 Å². The Hall–Kier alpha value is -6.18. The number of fused-ring (bicyclic) bond motifs is 2. The average molecular weight is 963 g/mol. The fraction of sp³-hybridized carbons (Fsp3) is 0.544. The highest BCUT2D eigenvalue weighted by molar-refractivity contribution is 5.89. The number of likely N-dealkylation sites (tertiary alicyclic amines) is 2. The molecule has 374 valence electrons. The lowest BCUT2D eigenvalue weighted by Gasteiger charge is -2.33. The molecule has 14 rings (SSSR count). The number of aromatic nitrogens is 4. The number of methoxy groups -OCH3 is 2. The number of aromatic amines is 2. The highest BCUT2D eigenvalue weighted by Crippen LogP contribution is 2.60. The summed E-state index contributed by atoms with van der Waals surface area (Å²) in [7, 11) is 2.65. The molecule has 8 aliphatic carbocycles. The second kappa shape index (κ2) is 18.1. The van der Waals surface area contributed by atoms with Gasteiger partial charge in [0, 0.05) is 13.1 Å². The maximum atomic E-state index is 14.2. The van der Waals surface area contributed by atoms with E-state index in [-0.39, 0.29) is 46.6 Å². The van der Waals surface area contributed by atoms with Crippen molar-refractivity contribution in [2.45, 2.75) is 129 Å². The van der Waals surface area contributed by atoms with Gasteiger partial charge in [0.25, 0.3) is 0 Å². The molecule has 14 heteroatoms. The van der Waals surface area contributed by atoms with Crippen molar-refractivity contribution in [1.82, 2.24) is 40.4 Å². The molecule has 4 N–H and O–H groups in total. The van der Waals surface area contributed by atoms with E-state index in [1.165, 1.54) is 47.6 Å². The van der Waals surface area contributed by atoms with Crippen LogP contribution < -0.4 is 10.6 Å². The van der Waals surface area contributed by atoms with E-state index in [0.717, 1.165) is 104 Å². The summed E-state index contributed by atoms with van der Waals surface area (Å²) in [5.41, 5.74) is 11.9. The summed E-state index contributed by atoms with van der Waals surface area (Å²) in [5.74, 6) is 2.42. The van der Waals surface area contributed by atoms with Gasteiger partial charge in [-0.05, 0) is 163 Å². The topological polar surface area (TPSA) is 175 Å². The number of amides is 4. The number of imidazole rings is 2. The number of H-pyrrole nitrogens is 2. The minimum absolute atomic E-state index is 0.0851. The number of carbonyl (C=O) groups excluding carboxylic acids is 4. The van der Waals surface area contributed by atoms with E-state index in [1.807, 2.05) is 37.5 Å². The molecule has 4 aromatic rings. The molecular formula is C57H70N8O6. The number of alkyl carbamates (subject to hydrolysis) is 2. The molecule has 4 heterocycles. The van der Waals surface area contributed by atoms with Crippen LogP contribution in [0.3, 0.4) is 0 Å². The Kier molecular flexibility index (Phi) is 12.1. The third kappa shape index (κ3) is 8.98. The molecular weight excluding hydrogens is 893 g/mol. The van der Waals surface area contributed by atoms with Crippen molar-refractivity contribution >= 4 is 57.2 Å². The second-order valence-electron chi connectivity index (χ2n) is 23.1. The van der Waals surface area contributed by atoms with Gasteiger partial charge in [-0.15, -0.1) is 0 Å². The molecule has 2 saturated heterocycles. The molecule has 71 heavy (non-hydrogen) atoms. The predicted octanol–water partition coefficient (Wildman–Crippen LogP) is 10.5. The number of benzene rings is 2. The number of hydrogen-bond donors (Lipinski definition) is 4. The SMILES string of the molecule is COC(=O)N[C@H](C(=O)N1CC2(CC2)C[C@H]1c1nc2cc(C3=CC4=CC[C@@H]3C[C@@H](C)[C@@H]3C=CC(=C(c5ccc6[nH]c([C@@H]7CC8(CC8)CN7C(=O)[C@@H](NC(=O)OC)C(C)C)nc6c5)C3)CC4)ccc2[nH]1)C(C)C. The minimum atomic E-state index is -0.684. The first-order chi connectivity index (χ1) is 34.1. The number of carbonyl (C=O) groups is 4. The quantitative estimate of drug-likeness (QED) is 0.121. The van der Waals surface area contributed by atoms with Gasteiger partial charge in [0.05, 0.1) is 48.4 Å². The maximum Gasteiger partial charge on any atom is 0.407 e. The van der Waals surface area contributed by atoms with Crippen LogP contribution in [-0.4, -0.2) is 93.1 Å². The molecule has 4 amide bonds. The van der Waals surface area contributed by atoms with E-state index in [2.05, 4.69) is 88.2 Å². The first-order valence-corrected chi connectivity index (χ1v) is 26.2. The highest BCUT2D eigenvalue weighted by atomic mass is 16.5. The Morgan fingerprint density at radius 3 is 1.80 bits per heavy atom. The van der Waals surface area contributed by atoms with Crippen molar-refractivity contribution in [2.75, 3.05) is 27.3 Å². The number of rotatable bonds is 10. The number of ether oxygens (including phenoxy) is 2. The van der Waals surface area contributed by atoms with Crippen LogP contribution in [0.4, 0.5) is 9.59 Å². The Bertz CT molecular complexity index is 2930. The van der Waals surface area contributed by atoms with Gasteiger partial charge in [-0.1, -0.05) is 76.6 Å². The van der Waals surface area contributed by atoms with Crippen molar-refractivity contribution in [1.29, 1.82) is 0 Å². The molecule has 2 aromatic carbocycles. The summed E-state index contributed by atoms with van der Waals surface area (Å²) in [6.07, 6.45) is 19.6. The molecule has 7 atom stereocenters. The van der Waals surface area contributed by atoms with Crippen LogP contribution in [0.5, 0.6) is 0 Å². The molecule has 0 unspecified atom stereocenters. The van der Waals surface area contributed by atoms with Crippen molar-refractivity contribution in [3.63, 3.8) is 0 Å². The van der Waals surface area contributed by atoms with E-state index >= 15 is 0 Å². The standard InChI is InChI=1S/C57H70N8O6/c1-31(2)48(62-54(68)70-6)52(66)64-29-56(18-19-56)27-46(64)50-58-42-16-14-38(25-44(42)60-50)40-23-34-8-10-35-12-13-36(33(5)22-37(40)11-9-34)24-41(35)39-15-17-43-45(26-39)61-51(59-43)47-28-57(20-21-57)30-65(47)53(67)49(32(3)4)63-55(69)71-7/h9,12-17,23,25-26,31-33,36-37,46-49H,8,10-11,18-22,24,27-30H2,1-7H3,(H,58,60)(H,59,61)(H,62,68)(H,63,69)/t33-,36-,37-,46+,47+,48+,49+/m1/s1. The Morgan fingerprint density at radius 1 is 0.746 bits per heavy atom. The summed E-state index contributed by atoms with van der Waals surface area (Å²) >= 11 is 0. The van der Waals surface area contributed by atoms with Crippen molar-refractivity contribution in [3.8, 4) is 0 Å². The Balaban J connectivity index is 0.841. The Morgan fingerprint density at radius 2 is 1.28 bits per heavy atom. The predicted molar refractivity (Wildman–Crippen MR) is 273 cm³/mol. The molecule has 2 aromatic heterocycles. The van der Waals surface area contributed by atoms with Crippen molar-refractivity contribution in [2.24, 2.45) is 40.4 Å². The number of nitrogens with one attached hydrogen (secondary N) is 4. The fourth-order valence-electron chi connectivity index (χ4n) is 12.8. The monoisotopic (exact) mass is 963 g/mol. The summed E-state index contributed by atoms with van der Waals surface area (Å²) in [5, 5.41) is 5.60. The van der Waals surface area contributed by atoms with Crippen LogP contribution in [-0.2, 0) is 19.1 Å². The number of allylic oxidation sites excluding steroid dienone is 8. The first kappa shape index (κ1) is 47.2. The molecule has 2 saturated carbocycles. The molecule has 4 fully saturated rings. The van der Waals surface area contributed by atoms with Crippen LogP contribution in [0.25, 0.3) is 33.2 Å². The van der Waals surface area contributed by atoms with Crippen LogP contribution in [0.2, 0.25) is 0 Å². The highest BCUT2D eigenvalue weighted by Gasteiger charge is 2.56. The van der Waals surface area contributed by atoms with Gasteiger partial charge in [-0.3, -0.25) is 9.59 Å². The summed E-state index contributed by atoms with van der Waals surface area (Å²) in [6, 6.07) is 11.6. The van der Waals surface area contributed by atoms with E-state index in [9.17, 15) is 19.2 Å². The molecule has 14 nitrogen and oxygen atoms in total. The van der Waals surface area contributed by atoms with E-state index in [0.29, 0.717) is 30.8 Å². The van der Waals surface area contributed by atoms with Crippen LogP contribution in [0.1, 0.15) is 140 Å². The zero-order chi connectivity index (χ0) is 49.5. The molecule has 10 aliphatic rings. The molecule has 2 spiro atoms. The molecule has 0 radical (unpaired) electrons. The van der Waals surface area contributed by atoms with Gasteiger partial charge in [0.1, 0.15) is 23.7 Å². The van der Waals surface area contributed by atoms with Crippen LogP contribution in [0, 0.1) is 40.4 Å². The number of hydrogen-bond acceptors (Lipinski definition) is 8. The largest absolute Gasteiger partial charge is 0.453 e. The summed E-state index contributed by atoms with van der Waals surface area (Å²) < 4.78 is 9.78. The smallest absolute Gasteiger partial charge is 0.407 e. The third-order valence-electron chi connectivity index (χ3n) is 17.5. The van der Waals surface area contributed by atoms with Gasteiger partial charge in [0.2, 0.25) is 11.8 Å². The fourth-order valence-corrected chi connectivity index (χ4v) is 12.8. The molecule has 4 bridgehead atoms. The van der Waals surface area contributed by atoms with Gasteiger partial charge < -0.3 is 39.9 Å². The molecule has 2 aliphatic heterocycles.